The van der Waals surface area contributed by atoms with E-state index in [0.29, 0.717) is 6.61 Å². The molecule has 0 N–H and O–H groups in total. The van der Waals surface area contributed by atoms with Gasteiger partial charge in [0.1, 0.15) is 0 Å². The van der Waals surface area contributed by atoms with Crippen molar-refractivity contribution in [1.82, 2.24) is 4.98 Å². The molecule has 3 nitrogen and oxygen atoms in total. The van der Waals surface area contributed by atoms with Gasteiger partial charge in [0, 0.05) is 19.5 Å². The molecule has 0 aliphatic heterocycles. The number of methoxy groups -OCH3 is 1. The van der Waals surface area contributed by atoms with Crippen molar-refractivity contribution in [3.8, 4) is 0 Å². The van der Waals surface area contributed by atoms with Crippen LogP contribution < -0.4 is 0 Å². The average molecular weight is 240 g/mol. The molecule has 0 aliphatic rings. The molecule has 0 saturated heterocycles. The maximum atomic E-state index is 5.21. The molecule has 92 valence electrons. The molecule has 3 heteroatoms. The van der Waals surface area contributed by atoms with Crippen molar-refractivity contribution in [3.63, 3.8) is 0 Å². The zero-order chi connectivity index (χ0) is 12.6. The highest BCUT2D eigenvalue weighted by Crippen LogP contribution is 2.17. The van der Waals surface area contributed by atoms with E-state index in [1.807, 2.05) is 36.4 Å². The van der Waals surface area contributed by atoms with E-state index in [2.05, 4.69) is 22.1 Å². The Kier molecular flexibility index (Phi) is 4.61. The summed E-state index contributed by atoms with van der Waals surface area (Å²) in [6.07, 6.45) is 3.55. The van der Waals surface area contributed by atoms with Gasteiger partial charge in [-0.2, -0.15) is 0 Å². The maximum Gasteiger partial charge on any atom is 0.0983 e. The zero-order valence-electron chi connectivity index (χ0n) is 10.4. The van der Waals surface area contributed by atoms with Crippen LogP contribution in [0.2, 0.25) is 0 Å². The topological polar surface area (TPSA) is 34.5 Å². The summed E-state index contributed by atoms with van der Waals surface area (Å²) >= 11 is 0. The third-order valence-corrected chi connectivity index (χ3v) is 2.58. The SMILES string of the molecule is COCC(/N=C/c1ccccn1)c1ccccc1. The van der Waals surface area contributed by atoms with E-state index in [-0.39, 0.29) is 6.04 Å². The van der Waals surface area contributed by atoms with Gasteiger partial charge in [0.05, 0.1) is 18.3 Å². The molecule has 0 radical (unpaired) electrons. The van der Waals surface area contributed by atoms with E-state index in [1.54, 1.807) is 19.5 Å². The van der Waals surface area contributed by atoms with Crippen LogP contribution in [0.4, 0.5) is 0 Å². The van der Waals surface area contributed by atoms with Gasteiger partial charge in [0.2, 0.25) is 0 Å². The standard InChI is InChI=1S/C15H16N2O/c1-18-12-15(13-7-3-2-4-8-13)17-11-14-9-5-6-10-16-14/h2-11,15H,12H2,1H3/b17-11+. The Morgan fingerprint density at radius 2 is 1.94 bits per heavy atom. The van der Waals surface area contributed by atoms with Crippen LogP contribution in [0, 0.1) is 0 Å². The summed E-state index contributed by atoms with van der Waals surface area (Å²) in [5, 5.41) is 0. The van der Waals surface area contributed by atoms with Crippen LogP contribution in [0.15, 0.2) is 59.7 Å². The zero-order valence-corrected chi connectivity index (χ0v) is 10.4. The van der Waals surface area contributed by atoms with Crippen molar-refractivity contribution in [3.05, 3.63) is 66.0 Å². The molecule has 18 heavy (non-hydrogen) atoms. The normalized spacial score (nSPS) is 12.7. The number of aliphatic imine (C=N–C) groups is 1. The Labute approximate surface area is 107 Å². The first-order valence-corrected chi connectivity index (χ1v) is 5.88. The molecule has 1 aromatic carbocycles. The van der Waals surface area contributed by atoms with E-state index in [4.69, 9.17) is 4.74 Å². The maximum absolute atomic E-state index is 5.21. The quantitative estimate of drug-likeness (QED) is 0.753. The summed E-state index contributed by atoms with van der Waals surface area (Å²) in [7, 11) is 1.69. The highest BCUT2D eigenvalue weighted by Gasteiger charge is 2.07. The van der Waals surface area contributed by atoms with Gasteiger partial charge in [-0.1, -0.05) is 36.4 Å². The van der Waals surface area contributed by atoms with Crippen molar-refractivity contribution in [2.75, 3.05) is 13.7 Å². The van der Waals surface area contributed by atoms with Crippen molar-refractivity contribution in [1.29, 1.82) is 0 Å². The molecule has 0 amide bonds. The summed E-state index contributed by atoms with van der Waals surface area (Å²) in [4.78, 5) is 8.76. The number of nitrogens with zero attached hydrogens (tertiary/aromatic N) is 2. The Balaban J connectivity index is 2.14. The fourth-order valence-electron chi connectivity index (χ4n) is 1.68. The lowest BCUT2D eigenvalue weighted by Gasteiger charge is -2.11. The average Bonchev–Trinajstić information content (AvgIpc) is 2.45. The minimum atomic E-state index is 0.0122. The number of rotatable bonds is 5. The van der Waals surface area contributed by atoms with Gasteiger partial charge in [-0.3, -0.25) is 9.98 Å². The molecule has 1 unspecified atom stereocenters. The Bertz CT molecular complexity index is 482. The van der Waals surface area contributed by atoms with Crippen molar-refractivity contribution in [2.45, 2.75) is 6.04 Å². The molecule has 0 fully saturated rings. The van der Waals surface area contributed by atoms with Gasteiger partial charge in [0.15, 0.2) is 0 Å². The van der Waals surface area contributed by atoms with E-state index >= 15 is 0 Å². The second-order valence-corrected chi connectivity index (χ2v) is 3.91. The number of aromatic nitrogens is 1. The molecule has 0 aliphatic carbocycles. The lowest BCUT2D eigenvalue weighted by Crippen LogP contribution is -2.04. The summed E-state index contributed by atoms with van der Waals surface area (Å²) in [6.45, 7) is 0.563. The van der Waals surface area contributed by atoms with Gasteiger partial charge in [-0.15, -0.1) is 0 Å². The Morgan fingerprint density at radius 1 is 1.17 bits per heavy atom. The fourth-order valence-corrected chi connectivity index (χ4v) is 1.68. The smallest absolute Gasteiger partial charge is 0.0983 e. The molecule has 2 aromatic rings. The molecular formula is C15H16N2O. The second kappa shape index (κ2) is 6.67. The van der Waals surface area contributed by atoms with Crippen molar-refractivity contribution < 1.29 is 4.74 Å². The lowest BCUT2D eigenvalue weighted by molar-refractivity contribution is 0.182. The van der Waals surface area contributed by atoms with Gasteiger partial charge in [0.25, 0.3) is 0 Å². The summed E-state index contributed by atoms with van der Waals surface area (Å²) in [6, 6.07) is 15.9. The van der Waals surface area contributed by atoms with Gasteiger partial charge >= 0.3 is 0 Å². The molecular weight excluding hydrogens is 224 g/mol. The Hall–Kier alpha value is -2.00. The third kappa shape index (κ3) is 3.50. The summed E-state index contributed by atoms with van der Waals surface area (Å²) in [5.41, 5.74) is 2.00. The molecule has 0 saturated carbocycles. The third-order valence-electron chi connectivity index (χ3n) is 2.58. The van der Waals surface area contributed by atoms with E-state index in [1.165, 1.54) is 0 Å². The van der Waals surface area contributed by atoms with Crippen LogP contribution in [0.25, 0.3) is 0 Å². The predicted molar refractivity (Wildman–Crippen MR) is 72.9 cm³/mol. The van der Waals surface area contributed by atoms with Crippen LogP contribution in [-0.4, -0.2) is 24.9 Å². The highest BCUT2D eigenvalue weighted by atomic mass is 16.5. The highest BCUT2D eigenvalue weighted by molar-refractivity contribution is 5.76. The number of hydrogen-bond donors (Lipinski definition) is 0. The van der Waals surface area contributed by atoms with Crippen LogP contribution in [0.3, 0.4) is 0 Å². The molecule has 0 spiro atoms. The van der Waals surface area contributed by atoms with E-state index in [9.17, 15) is 0 Å². The minimum absolute atomic E-state index is 0.0122. The van der Waals surface area contributed by atoms with Gasteiger partial charge in [-0.05, 0) is 17.7 Å². The largest absolute Gasteiger partial charge is 0.382 e. The first-order chi connectivity index (χ1) is 8.90. The van der Waals surface area contributed by atoms with Crippen LogP contribution in [-0.2, 0) is 4.74 Å². The molecule has 0 bridgehead atoms. The van der Waals surface area contributed by atoms with Crippen molar-refractivity contribution >= 4 is 6.21 Å². The summed E-state index contributed by atoms with van der Waals surface area (Å²) < 4.78 is 5.21. The number of ether oxygens (including phenoxy) is 1. The molecule has 2 rings (SSSR count). The minimum Gasteiger partial charge on any atom is -0.382 e. The van der Waals surface area contributed by atoms with Gasteiger partial charge < -0.3 is 4.74 Å². The first kappa shape index (κ1) is 12.5. The fraction of sp³-hybridized carbons (Fsp3) is 0.200. The van der Waals surface area contributed by atoms with E-state index in [0.717, 1.165) is 11.3 Å². The summed E-state index contributed by atoms with van der Waals surface area (Å²) in [5.74, 6) is 0. The molecule has 1 atom stereocenters. The number of pyridine rings is 1. The monoisotopic (exact) mass is 240 g/mol. The number of hydrogen-bond acceptors (Lipinski definition) is 3. The van der Waals surface area contributed by atoms with E-state index < -0.39 is 0 Å². The first-order valence-electron chi connectivity index (χ1n) is 5.88. The molecule has 1 heterocycles. The number of benzene rings is 1. The van der Waals surface area contributed by atoms with Crippen LogP contribution >= 0.6 is 0 Å². The van der Waals surface area contributed by atoms with Crippen molar-refractivity contribution in [2.24, 2.45) is 4.99 Å². The Morgan fingerprint density at radius 3 is 2.61 bits per heavy atom. The molecule has 1 aromatic heterocycles. The second-order valence-electron chi connectivity index (χ2n) is 3.91. The predicted octanol–water partition coefficient (Wildman–Crippen LogP) is 2.89. The van der Waals surface area contributed by atoms with Crippen LogP contribution in [0.1, 0.15) is 17.3 Å². The lowest BCUT2D eigenvalue weighted by atomic mass is 10.1. The van der Waals surface area contributed by atoms with Crippen LogP contribution in [0.5, 0.6) is 0 Å². The van der Waals surface area contributed by atoms with Gasteiger partial charge in [-0.25, -0.2) is 0 Å².